The van der Waals surface area contributed by atoms with Gasteiger partial charge in [-0.25, -0.2) is 12.7 Å². The lowest BCUT2D eigenvalue weighted by atomic mass is 9.95. The topological polar surface area (TPSA) is 71.4 Å². The summed E-state index contributed by atoms with van der Waals surface area (Å²) in [6.07, 6.45) is 5.62. The highest BCUT2D eigenvalue weighted by atomic mass is 32.2. The Balaban J connectivity index is 1.96. The Bertz CT molecular complexity index is 909. The van der Waals surface area contributed by atoms with Gasteiger partial charge in [-0.05, 0) is 44.0 Å². The highest BCUT2D eigenvalue weighted by Crippen LogP contribution is 2.25. The zero-order valence-electron chi connectivity index (χ0n) is 15.7. The molecule has 1 aromatic heterocycles. The highest BCUT2D eigenvalue weighted by molar-refractivity contribution is 7.89. The maximum atomic E-state index is 12.8. The van der Waals surface area contributed by atoms with Gasteiger partial charge in [-0.2, -0.15) is 0 Å². The van der Waals surface area contributed by atoms with E-state index in [2.05, 4.69) is 5.32 Å². The van der Waals surface area contributed by atoms with Crippen molar-refractivity contribution in [2.75, 3.05) is 14.1 Å². The Morgan fingerprint density at radius 3 is 2.50 bits per heavy atom. The molecule has 1 aromatic carbocycles. The minimum absolute atomic E-state index is 0.0769. The normalized spacial score (nSPS) is 16.3. The minimum Gasteiger partial charge on any atom is -0.348 e. The number of carbonyl (C=O) groups is 1. The summed E-state index contributed by atoms with van der Waals surface area (Å²) in [5.41, 5.74) is 1.46. The summed E-state index contributed by atoms with van der Waals surface area (Å²) in [7, 11) is -0.471. The summed E-state index contributed by atoms with van der Waals surface area (Å²) in [4.78, 5) is 13.0. The summed E-state index contributed by atoms with van der Waals surface area (Å²) < 4.78 is 27.9. The van der Waals surface area contributed by atoms with E-state index in [-0.39, 0.29) is 16.8 Å². The van der Waals surface area contributed by atoms with Crippen molar-refractivity contribution in [2.24, 2.45) is 0 Å². The van der Waals surface area contributed by atoms with Gasteiger partial charge in [0, 0.05) is 37.6 Å². The molecule has 1 aliphatic carbocycles. The van der Waals surface area contributed by atoms with Crippen LogP contribution in [0.5, 0.6) is 0 Å². The van der Waals surface area contributed by atoms with Crippen LogP contribution < -0.4 is 5.32 Å². The molecule has 0 spiro atoms. The standard InChI is InChI=1S/C19H27N3O3S/c1-4-22-17-11-10-16(26(24,25)21(2)3)12-14(17)13-18(22)19(23)20-15-8-6-5-7-9-15/h10-13,15H,4-9H2,1-3H3,(H,20,23). The van der Waals surface area contributed by atoms with E-state index >= 15 is 0 Å². The third kappa shape index (κ3) is 3.50. The minimum atomic E-state index is -3.50. The molecule has 1 saturated carbocycles. The number of nitrogens with one attached hydrogen (secondary N) is 1. The second kappa shape index (κ2) is 7.40. The van der Waals surface area contributed by atoms with Crippen molar-refractivity contribution >= 4 is 26.8 Å². The lowest BCUT2D eigenvalue weighted by Gasteiger charge is -2.23. The summed E-state index contributed by atoms with van der Waals surface area (Å²) in [5.74, 6) is -0.0769. The highest BCUT2D eigenvalue weighted by Gasteiger charge is 2.22. The molecule has 1 fully saturated rings. The van der Waals surface area contributed by atoms with E-state index in [1.165, 1.54) is 24.8 Å². The van der Waals surface area contributed by atoms with Gasteiger partial charge in [-0.3, -0.25) is 4.79 Å². The Morgan fingerprint density at radius 1 is 1.19 bits per heavy atom. The molecule has 0 radical (unpaired) electrons. The van der Waals surface area contributed by atoms with Crippen molar-refractivity contribution in [1.82, 2.24) is 14.2 Å². The number of rotatable bonds is 5. The number of amides is 1. The first-order valence-corrected chi connectivity index (χ1v) is 10.6. The summed E-state index contributed by atoms with van der Waals surface area (Å²) in [6, 6.07) is 7.07. The van der Waals surface area contributed by atoms with Crippen LogP contribution in [0.2, 0.25) is 0 Å². The Hall–Kier alpha value is -1.86. The van der Waals surface area contributed by atoms with Gasteiger partial charge in [0.05, 0.1) is 4.90 Å². The largest absolute Gasteiger partial charge is 0.348 e. The van der Waals surface area contributed by atoms with Crippen LogP contribution in [0.4, 0.5) is 0 Å². The first-order valence-electron chi connectivity index (χ1n) is 9.21. The van der Waals surface area contributed by atoms with E-state index in [0.717, 1.165) is 36.6 Å². The summed E-state index contributed by atoms with van der Waals surface area (Å²) in [6.45, 7) is 2.64. The zero-order chi connectivity index (χ0) is 18.9. The molecular weight excluding hydrogens is 350 g/mol. The molecule has 142 valence electrons. The molecule has 0 bridgehead atoms. The summed E-state index contributed by atoms with van der Waals surface area (Å²) in [5, 5.41) is 3.91. The van der Waals surface area contributed by atoms with Gasteiger partial charge in [0.15, 0.2) is 0 Å². The predicted molar refractivity (Wildman–Crippen MR) is 103 cm³/mol. The van der Waals surface area contributed by atoms with Crippen molar-refractivity contribution in [3.63, 3.8) is 0 Å². The number of hydrogen-bond donors (Lipinski definition) is 1. The van der Waals surface area contributed by atoms with Gasteiger partial charge in [0.2, 0.25) is 10.0 Å². The number of aromatic nitrogens is 1. The van der Waals surface area contributed by atoms with Gasteiger partial charge in [-0.15, -0.1) is 0 Å². The number of carbonyl (C=O) groups excluding carboxylic acids is 1. The lowest BCUT2D eigenvalue weighted by Crippen LogP contribution is -2.37. The van der Waals surface area contributed by atoms with Crippen molar-refractivity contribution < 1.29 is 13.2 Å². The zero-order valence-corrected chi connectivity index (χ0v) is 16.5. The Kier molecular flexibility index (Phi) is 5.39. The number of aryl methyl sites for hydroxylation is 1. The van der Waals surface area contributed by atoms with Crippen LogP contribution in [-0.2, 0) is 16.6 Å². The molecule has 1 aliphatic rings. The van der Waals surface area contributed by atoms with Gasteiger partial charge < -0.3 is 9.88 Å². The first-order chi connectivity index (χ1) is 12.3. The SMILES string of the molecule is CCn1c(C(=O)NC2CCCCC2)cc2cc(S(=O)(=O)N(C)C)ccc21. The van der Waals surface area contributed by atoms with Crippen LogP contribution in [0, 0.1) is 0 Å². The van der Waals surface area contributed by atoms with Crippen LogP contribution in [0.15, 0.2) is 29.2 Å². The molecule has 6 nitrogen and oxygen atoms in total. The molecule has 2 aromatic rings. The van der Waals surface area contributed by atoms with Gasteiger partial charge in [0.25, 0.3) is 5.91 Å². The quantitative estimate of drug-likeness (QED) is 0.871. The van der Waals surface area contributed by atoms with Crippen molar-refractivity contribution in [1.29, 1.82) is 0 Å². The first kappa shape index (κ1) is 18.9. The number of benzene rings is 1. The number of hydrogen-bond acceptors (Lipinski definition) is 3. The van der Waals surface area contributed by atoms with E-state index < -0.39 is 10.0 Å². The van der Waals surface area contributed by atoms with Crippen LogP contribution in [0.3, 0.4) is 0 Å². The van der Waals surface area contributed by atoms with E-state index in [9.17, 15) is 13.2 Å². The Labute approximate surface area is 155 Å². The van der Waals surface area contributed by atoms with E-state index in [1.54, 1.807) is 24.3 Å². The second-order valence-corrected chi connectivity index (χ2v) is 9.24. The second-order valence-electron chi connectivity index (χ2n) is 7.09. The third-order valence-electron chi connectivity index (χ3n) is 5.14. The maximum Gasteiger partial charge on any atom is 0.268 e. The molecule has 1 N–H and O–H groups in total. The molecule has 3 rings (SSSR count). The van der Waals surface area contributed by atoms with Crippen LogP contribution in [0.1, 0.15) is 49.5 Å². The maximum absolute atomic E-state index is 12.8. The van der Waals surface area contributed by atoms with Gasteiger partial charge >= 0.3 is 0 Å². The van der Waals surface area contributed by atoms with Crippen LogP contribution in [0.25, 0.3) is 10.9 Å². The average molecular weight is 378 g/mol. The van der Waals surface area contributed by atoms with Crippen LogP contribution >= 0.6 is 0 Å². The number of sulfonamides is 1. The van der Waals surface area contributed by atoms with Gasteiger partial charge in [-0.1, -0.05) is 19.3 Å². The van der Waals surface area contributed by atoms with Crippen molar-refractivity contribution in [3.8, 4) is 0 Å². The molecule has 0 unspecified atom stereocenters. The fourth-order valence-corrected chi connectivity index (χ4v) is 4.59. The average Bonchev–Trinajstić information content (AvgIpc) is 3.00. The molecule has 26 heavy (non-hydrogen) atoms. The van der Waals surface area contributed by atoms with E-state index in [1.807, 2.05) is 11.5 Å². The summed E-state index contributed by atoms with van der Waals surface area (Å²) >= 11 is 0. The van der Waals surface area contributed by atoms with Crippen molar-refractivity contribution in [2.45, 2.75) is 56.5 Å². The predicted octanol–water partition coefficient (Wildman–Crippen LogP) is 2.97. The van der Waals surface area contributed by atoms with Crippen molar-refractivity contribution in [3.05, 3.63) is 30.0 Å². The lowest BCUT2D eigenvalue weighted by molar-refractivity contribution is 0.0919. The fraction of sp³-hybridized carbons (Fsp3) is 0.526. The van der Waals surface area contributed by atoms with Crippen LogP contribution in [-0.4, -0.2) is 43.3 Å². The molecule has 0 aliphatic heterocycles. The number of nitrogens with zero attached hydrogens (tertiary/aromatic N) is 2. The smallest absolute Gasteiger partial charge is 0.268 e. The monoisotopic (exact) mass is 377 g/mol. The molecule has 0 atom stereocenters. The molecular formula is C19H27N3O3S. The molecule has 7 heteroatoms. The molecule has 1 heterocycles. The van der Waals surface area contributed by atoms with E-state index in [4.69, 9.17) is 0 Å². The molecule has 0 saturated heterocycles. The fourth-order valence-electron chi connectivity index (χ4n) is 3.66. The molecule has 1 amide bonds. The third-order valence-corrected chi connectivity index (χ3v) is 6.95. The van der Waals surface area contributed by atoms with Gasteiger partial charge in [0.1, 0.15) is 5.69 Å². The Morgan fingerprint density at radius 2 is 1.88 bits per heavy atom. The van der Waals surface area contributed by atoms with E-state index in [0.29, 0.717) is 12.2 Å². The number of fused-ring (bicyclic) bond motifs is 1.